The van der Waals surface area contributed by atoms with E-state index in [1.165, 1.54) is 6.07 Å². The fraction of sp³-hybridized carbons (Fsp3) is 0.0968. The van der Waals surface area contributed by atoms with Crippen molar-refractivity contribution >= 4 is 17.9 Å². The highest BCUT2D eigenvalue weighted by Gasteiger charge is 2.24. The minimum absolute atomic E-state index is 0.0657. The number of cyclic esters (lactones) is 1. The average molecular weight is 494 g/mol. The van der Waals surface area contributed by atoms with Crippen molar-refractivity contribution in [3.05, 3.63) is 125 Å². The number of carbonyl (C=O) groups is 1. The summed E-state index contributed by atoms with van der Waals surface area (Å²) in [5, 5.41) is 0. The van der Waals surface area contributed by atoms with Gasteiger partial charge in [-0.3, -0.25) is 0 Å². The van der Waals surface area contributed by atoms with Crippen LogP contribution in [0.5, 0.6) is 11.5 Å². The first kappa shape index (κ1) is 24.0. The third kappa shape index (κ3) is 5.59. The molecule has 0 radical (unpaired) electrons. The van der Waals surface area contributed by atoms with Gasteiger partial charge in [-0.15, -0.1) is 0 Å². The molecule has 0 aliphatic carbocycles. The Kier molecular flexibility index (Phi) is 7.08. The van der Waals surface area contributed by atoms with Gasteiger partial charge in [0.2, 0.25) is 5.90 Å². The lowest BCUT2D eigenvalue weighted by atomic mass is 10.0. The molecule has 0 N–H and O–H groups in total. The third-order valence-corrected chi connectivity index (χ3v) is 5.77. The Labute approximate surface area is 214 Å². The van der Waals surface area contributed by atoms with Crippen molar-refractivity contribution in [2.75, 3.05) is 6.61 Å². The van der Waals surface area contributed by atoms with E-state index in [0.717, 1.165) is 11.1 Å². The molecule has 0 amide bonds. The summed E-state index contributed by atoms with van der Waals surface area (Å²) in [6, 6.07) is 29.4. The van der Waals surface area contributed by atoms with Crippen molar-refractivity contribution in [2.24, 2.45) is 4.99 Å². The zero-order chi connectivity index (χ0) is 25.6. The van der Waals surface area contributed by atoms with Gasteiger partial charge in [-0.05, 0) is 60.0 Å². The fourth-order valence-corrected chi connectivity index (χ4v) is 3.90. The molecule has 0 spiro atoms. The van der Waals surface area contributed by atoms with E-state index in [2.05, 4.69) is 4.99 Å². The number of ether oxygens (including phenoxy) is 3. The number of benzene rings is 4. The van der Waals surface area contributed by atoms with Gasteiger partial charge in [-0.25, -0.2) is 14.2 Å². The van der Waals surface area contributed by atoms with Gasteiger partial charge in [0.1, 0.15) is 12.4 Å². The standard InChI is InChI=1S/C31H24FNO4/c1-2-35-29-19-21(12-17-28(29)36-20-25-10-6-7-11-26(25)32)18-27-31(34)37-30(33-27)24-15-13-23(14-16-24)22-8-4-3-5-9-22/h3-19H,2,20H2,1H3/b27-18-. The Bertz CT molecular complexity index is 1480. The SMILES string of the molecule is CCOc1cc(/C=C2\N=C(c3ccc(-c4ccccc4)cc3)OC2=O)ccc1OCc1ccccc1F. The molecule has 1 heterocycles. The van der Waals surface area contributed by atoms with Gasteiger partial charge >= 0.3 is 5.97 Å². The molecule has 0 saturated carbocycles. The van der Waals surface area contributed by atoms with E-state index in [4.69, 9.17) is 14.2 Å². The first-order chi connectivity index (χ1) is 18.1. The van der Waals surface area contributed by atoms with Gasteiger partial charge in [0.15, 0.2) is 17.2 Å². The summed E-state index contributed by atoms with van der Waals surface area (Å²) in [6.45, 7) is 2.34. The predicted octanol–water partition coefficient (Wildman–Crippen LogP) is 6.81. The van der Waals surface area contributed by atoms with Gasteiger partial charge in [0.25, 0.3) is 0 Å². The van der Waals surface area contributed by atoms with Crippen LogP contribution in [0.4, 0.5) is 4.39 Å². The maximum atomic E-state index is 13.9. The van der Waals surface area contributed by atoms with Crippen LogP contribution in [-0.2, 0) is 16.1 Å². The van der Waals surface area contributed by atoms with Crippen molar-refractivity contribution in [3.8, 4) is 22.6 Å². The summed E-state index contributed by atoms with van der Waals surface area (Å²) in [5.74, 6) is 0.361. The number of hydrogen-bond acceptors (Lipinski definition) is 5. The highest BCUT2D eigenvalue weighted by Crippen LogP contribution is 2.31. The van der Waals surface area contributed by atoms with E-state index in [0.29, 0.717) is 34.8 Å². The Morgan fingerprint density at radius 2 is 1.51 bits per heavy atom. The summed E-state index contributed by atoms with van der Waals surface area (Å²) < 4.78 is 30.9. The molecule has 0 unspecified atom stereocenters. The monoisotopic (exact) mass is 493 g/mol. The van der Waals surface area contributed by atoms with E-state index in [9.17, 15) is 9.18 Å². The van der Waals surface area contributed by atoms with Crippen molar-refractivity contribution in [2.45, 2.75) is 13.5 Å². The molecular weight excluding hydrogens is 469 g/mol. The smallest absolute Gasteiger partial charge is 0.363 e. The molecule has 0 bridgehead atoms. The minimum atomic E-state index is -0.528. The van der Waals surface area contributed by atoms with Gasteiger partial charge in [0, 0.05) is 11.1 Å². The van der Waals surface area contributed by atoms with Gasteiger partial charge in [-0.2, -0.15) is 0 Å². The molecule has 0 aromatic heterocycles. The third-order valence-electron chi connectivity index (χ3n) is 5.77. The summed E-state index contributed by atoms with van der Waals surface area (Å²) in [5.41, 5.74) is 4.20. The van der Waals surface area contributed by atoms with E-state index < -0.39 is 5.97 Å². The first-order valence-electron chi connectivity index (χ1n) is 11.9. The quantitative estimate of drug-likeness (QED) is 0.200. The molecule has 6 heteroatoms. The van der Waals surface area contributed by atoms with Crippen molar-refractivity contribution in [1.82, 2.24) is 0 Å². The Morgan fingerprint density at radius 3 is 2.27 bits per heavy atom. The lowest BCUT2D eigenvalue weighted by Crippen LogP contribution is -2.05. The van der Waals surface area contributed by atoms with E-state index in [1.54, 1.807) is 42.5 Å². The molecule has 0 atom stereocenters. The van der Waals surface area contributed by atoms with Crippen LogP contribution in [0, 0.1) is 5.82 Å². The summed E-state index contributed by atoms with van der Waals surface area (Å²) in [7, 11) is 0. The first-order valence-corrected chi connectivity index (χ1v) is 11.9. The molecule has 0 fully saturated rings. The number of halogens is 1. The zero-order valence-electron chi connectivity index (χ0n) is 20.2. The van der Waals surface area contributed by atoms with Crippen LogP contribution in [0.15, 0.2) is 108 Å². The van der Waals surface area contributed by atoms with Crippen LogP contribution in [0.3, 0.4) is 0 Å². The maximum absolute atomic E-state index is 13.9. The Morgan fingerprint density at radius 1 is 0.811 bits per heavy atom. The number of aliphatic imine (C=N–C) groups is 1. The number of esters is 1. The van der Waals surface area contributed by atoms with E-state index in [1.807, 2.05) is 61.5 Å². The lowest BCUT2D eigenvalue weighted by Gasteiger charge is -2.13. The minimum Gasteiger partial charge on any atom is -0.490 e. The predicted molar refractivity (Wildman–Crippen MR) is 141 cm³/mol. The summed E-state index contributed by atoms with van der Waals surface area (Å²) in [4.78, 5) is 16.9. The summed E-state index contributed by atoms with van der Waals surface area (Å²) >= 11 is 0. The maximum Gasteiger partial charge on any atom is 0.363 e. The highest BCUT2D eigenvalue weighted by molar-refractivity contribution is 6.13. The summed E-state index contributed by atoms with van der Waals surface area (Å²) in [6.07, 6.45) is 1.64. The van der Waals surface area contributed by atoms with Crippen LogP contribution < -0.4 is 9.47 Å². The van der Waals surface area contributed by atoms with Crippen LogP contribution in [0.1, 0.15) is 23.6 Å². The van der Waals surface area contributed by atoms with Crippen LogP contribution in [0.2, 0.25) is 0 Å². The molecule has 4 aromatic rings. The second kappa shape index (κ2) is 10.9. The number of rotatable bonds is 8. The van der Waals surface area contributed by atoms with Crippen LogP contribution in [-0.4, -0.2) is 18.5 Å². The molecule has 1 aliphatic heterocycles. The van der Waals surface area contributed by atoms with Gasteiger partial charge < -0.3 is 14.2 Å². The average Bonchev–Trinajstić information content (AvgIpc) is 3.29. The molecule has 5 rings (SSSR count). The van der Waals surface area contributed by atoms with Crippen molar-refractivity contribution in [3.63, 3.8) is 0 Å². The molecular formula is C31H24FNO4. The fourth-order valence-electron chi connectivity index (χ4n) is 3.90. The Hall–Kier alpha value is -4.71. The van der Waals surface area contributed by atoms with Gasteiger partial charge in [0.05, 0.1) is 6.61 Å². The number of nitrogens with zero attached hydrogens (tertiary/aromatic N) is 1. The van der Waals surface area contributed by atoms with E-state index >= 15 is 0 Å². The molecule has 184 valence electrons. The molecule has 1 aliphatic rings. The lowest BCUT2D eigenvalue weighted by molar-refractivity contribution is -0.129. The largest absolute Gasteiger partial charge is 0.490 e. The molecule has 4 aromatic carbocycles. The van der Waals surface area contributed by atoms with Crippen LogP contribution in [0.25, 0.3) is 17.2 Å². The topological polar surface area (TPSA) is 57.1 Å². The molecule has 5 nitrogen and oxygen atoms in total. The second-order valence-corrected chi connectivity index (χ2v) is 8.30. The van der Waals surface area contributed by atoms with E-state index in [-0.39, 0.29) is 24.0 Å². The number of carbonyl (C=O) groups excluding carboxylic acids is 1. The second-order valence-electron chi connectivity index (χ2n) is 8.30. The van der Waals surface area contributed by atoms with Crippen molar-refractivity contribution < 1.29 is 23.4 Å². The molecule has 0 saturated heterocycles. The zero-order valence-corrected chi connectivity index (χ0v) is 20.2. The highest BCUT2D eigenvalue weighted by atomic mass is 19.1. The normalized spacial score (nSPS) is 13.8. The Balaban J connectivity index is 1.35. The molecule has 37 heavy (non-hydrogen) atoms. The number of hydrogen-bond donors (Lipinski definition) is 0. The van der Waals surface area contributed by atoms with Crippen LogP contribution >= 0.6 is 0 Å². The van der Waals surface area contributed by atoms with Gasteiger partial charge in [-0.1, -0.05) is 66.7 Å². The van der Waals surface area contributed by atoms with Crippen molar-refractivity contribution in [1.29, 1.82) is 0 Å².